The summed E-state index contributed by atoms with van der Waals surface area (Å²) in [6.45, 7) is 2.62. The van der Waals surface area contributed by atoms with E-state index >= 15 is 0 Å². The van der Waals surface area contributed by atoms with Crippen molar-refractivity contribution >= 4 is 27.7 Å². The van der Waals surface area contributed by atoms with E-state index in [1.165, 1.54) is 4.90 Å². The second kappa shape index (κ2) is 5.66. The fraction of sp³-hybridized carbons (Fsp3) is 0.467. The number of carbonyl (C=O) groups excluding carboxylic acids is 2. The van der Waals surface area contributed by atoms with Gasteiger partial charge in [0.05, 0.1) is 11.1 Å². The zero-order chi connectivity index (χ0) is 14.1. The van der Waals surface area contributed by atoms with E-state index in [2.05, 4.69) is 21.2 Å². The lowest BCUT2D eigenvalue weighted by Gasteiger charge is -2.24. The van der Waals surface area contributed by atoms with Crippen molar-refractivity contribution in [1.82, 2.24) is 10.2 Å². The molecule has 2 amide bonds. The molecule has 0 unspecified atom stereocenters. The molecular weight excluding hydrogens is 320 g/mol. The number of nitrogens with one attached hydrogen (secondary N) is 1. The van der Waals surface area contributed by atoms with Crippen LogP contribution in [-0.4, -0.2) is 36.3 Å². The van der Waals surface area contributed by atoms with Crippen molar-refractivity contribution < 1.29 is 9.59 Å². The van der Waals surface area contributed by atoms with E-state index in [1.807, 2.05) is 0 Å². The third-order valence-electron chi connectivity index (χ3n) is 4.15. The first-order chi connectivity index (χ1) is 9.66. The Kier molecular flexibility index (Phi) is 3.89. The molecule has 1 N–H and O–H groups in total. The Labute approximate surface area is 126 Å². The number of fused-ring (bicyclic) bond motifs is 1. The number of carbonyl (C=O) groups is 2. The minimum atomic E-state index is -0.153. The predicted molar refractivity (Wildman–Crippen MR) is 79.7 cm³/mol. The SMILES string of the molecule is O=C1c2ccc(Br)cc2C(=O)N1CCC1CCNCC1. The molecule has 2 heterocycles. The molecule has 0 bridgehead atoms. The van der Waals surface area contributed by atoms with Gasteiger partial charge in [-0.25, -0.2) is 0 Å². The summed E-state index contributed by atoms with van der Waals surface area (Å²) in [5, 5.41) is 3.33. The number of halogens is 1. The smallest absolute Gasteiger partial charge is 0.261 e. The Bertz CT molecular complexity index is 553. The molecule has 1 aromatic carbocycles. The Balaban J connectivity index is 1.69. The fourth-order valence-corrected chi connectivity index (χ4v) is 3.31. The van der Waals surface area contributed by atoms with Gasteiger partial charge in [-0.3, -0.25) is 14.5 Å². The van der Waals surface area contributed by atoms with Gasteiger partial charge in [-0.05, 0) is 56.5 Å². The monoisotopic (exact) mass is 336 g/mol. The van der Waals surface area contributed by atoms with Gasteiger partial charge >= 0.3 is 0 Å². The standard InChI is InChI=1S/C15H17BrN2O2/c16-11-1-2-12-13(9-11)15(20)18(14(12)19)8-5-10-3-6-17-7-4-10/h1-2,9-10,17H,3-8H2. The van der Waals surface area contributed by atoms with Gasteiger partial charge in [-0.15, -0.1) is 0 Å². The summed E-state index contributed by atoms with van der Waals surface area (Å²) in [5.74, 6) is 0.318. The number of nitrogens with zero attached hydrogens (tertiary/aromatic N) is 1. The molecule has 0 saturated carbocycles. The molecule has 2 aliphatic rings. The Morgan fingerprint density at radius 1 is 1.15 bits per heavy atom. The molecule has 2 aliphatic heterocycles. The Morgan fingerprint density at radius 2 is 1.85 bits per heavy atom. The lowest BCUT2D eigenvalue weighted by Crippen LogP contribution is -2.34. The van der Waals surface area contributed by atoms with Crippen LogP contribution in [0.3, 0.4) is 0 Å². The molecule has 106 valence electrons. The molecule has 4 nitrogen and oxygen atoms in total. The zero-order valence-corrected chi connectivity index (χ0v) is 12.8. The van der Waals surface area contributed by atoms with Gasteiger partial charge in [0.25, 0.3) is 11.8 Å². The van der Waals surface area contributed by atoms with Crippen LogP contribution in [0.25, 0.3) is 0 Å². The highest BCUT2D eigenvalue weighted by Crippen LogP contribution is 2.27. The Hall–Kier alpha value is -1.20. The van der Waals surface area contributed by atoms with Gasteiger partial charge in [0.15, 0.2) is 0 Å². The van der Waals surface area contributed by atoms with E-state index in [0.717, 1.165) is 36.8 Å². The average Bonchev–Trinajstić information content (AvgIpc) is 2.70. The van der Waals surface area contributed by atoms with Crippen molar-refractivity contribution in [2.24, 2.45) is 5.92 Å². The minimum absolute atomic E-state index is 0.147. The molecule has 1 fully saturated rings. The lowest BCUT2D eigenvalue weighted by molar-refractivity contribution is 0.0643. The van der Waals surface area contributed by atoms with Gasteiger partial charge in [-0.2, -0.15) is 0 Å². The number of amides is 2. The van der Waals surface area contributed by atoms with Crippen molar-refractivity contribution in [2.45, 2.75) is 19.3 Å². The van der Waals surface area contributed by atoms with Crippen molar-refractivity contribution in [3.8, 4) is 0 Å². The Morgan fingerprint density at radius 3 is 2.60 bits per heavy atom. The second-order valence-corrected chi connectivity index (χ2v) is 6.35. The maximum absolute atomic E-state index is 12.3. The van der Waals surface area contributed by atoms with Crippen molar-refractivity contribution in [2.75, 3.05) is 19.6 Å². The molecule has 0 aromatic heterocycles. The number of hydrogen-bond acceptors (Lipinski definition) is 3. The van der Waals surface area contributed by atoms with Gasteiger partial charge in [0, 0.05) is 11.0 Å². The highest BCUT2D eigenvalue weighted by molar-refractivity contribution is 9.10. The quantitative estimate of drug-likeness (QED) is 0.862. The first kappa shape index (κ1) is 13.8. The maximum atomic E-state index is 12.3. The maximum Gasteiger partial charge on any atom is 0.261 e. The first-order valence-electron chi connectivity index (χ1n) is 7.03. The average molecular weight is 337 g/mol. The van der Waals surface area contributed by atoms with Crippen LogP contribution in [-0.2, 0) is 0 Å². The molecule has 0 aliphatic carbocycles. The molecule has 1 aromatic rings. The van der Waals surface area contributed by atoms with E-state index in [4.69, 9.17) is 0 Å². The number of rotatable bonds is 3. The van der Waals surface area contributed by atoms with Crippen LogP contribution in [0.15, 0.2) is 22.7 Å². The van der Waals surface area contributed by atoms with Gasteiger partial charge in [0.1, 0.15) is 0 Å². The van der Waals surface area contributed by atoms with Crippen LogP contribution < -0.4 is 5.32 Å². The fourth-order valence-electron chi connectivity index (χ4n) is 2.95. The third kappa shape index (κ3) is 2.52. The molecule has 0 radical (unpaired) electrons. The van der Waals surface area contributed by atoms with Crippen molar-refractivity contribution in [1.29, 1.82) is 0 Å². The van der Waals surface area contributed by atoms with E-state index in [1.54, 1.807) is 18.2 Å². The molecule has 3 rings (SSSR count). The number of benzene rings is 1. The zero-order valence-electron chi connectivity index (χ0n) is 11.2. The van der Waals surface area contributed by atoms with E-state index in [-0.39, 0.29) is 11.8 Å². The van der Waals surface area contributed by atoms with Crippen LogP contribution in [0.2, 0.25) is 0 Å². The molecule has 20 heavy (non-hydrogen) atoms. The van der Waals surface area contributed by atoms with Crippen molar-refractivity contribution in [3.63, 3.8) is 0 Å². The van der Waals surface area contributed by atoms with E-state index in [0.29, 0.717) is 23.6 Å². The molecule has 0 spiro atoms. The molecule has 1 saturated heterocycles. The minimum Gasteiger partial charge on any atom is -0.317 e. The summed E-state index contributed by atoms with van der Waals surface area (Å²) < 4.78 is 0.831. The second-order valence-electron chi connectivity index (χ2n) is 5.43. The molecule has 5 heteroatoms. The molecule has 0 atom stereocenters. The summed E-state index contributed by atoms with van der Waals surface area (Å²) >= 11 is 3.34. The summed E-state index contributed by atoms with van der Waals surface area (Å²) in [4.78, 5) is 26.0. The van der Waals surface area contributed by atoms with Crippen LogP contribution in [0.5, 0.6) is 0 Å². The largest absolute Gasteiger partial charge is 0.317 e. The first-order valence-corrected chi connectivity index (χ1v) is 7.82. The van der Waals surface area contributed by atoms with Crippen LogP contribution in [0.4, 0.5) is 0 Å². The summed E-state index contributed by atoms with van der Waals surface area (Å²) in [5.41, 5.74) is 1.05. The summed E-state index contributed by atoms with van der Waals surface area (Å²) in [6, 6.07) is 5.27. The van der Waals surface area contributed by atoms with Crippen LogP contribution in [0, 0.1) is 5.92 Å². The summed E-state index contributed by atoms with van der Waals surface area (Å²) in [7, 11) is 0. The number of imide groups is 1. The highest BCUT2D eigenvalue weighted by Gasteiger charge is 2.35. The van der Waals surface area contributed by atoms with Gasteiger partial charge in [-0.1, -0.05) is 15.9 Å². The van der Waals surface area contributed by atoms with Crippen LogP contribution >= 0.6 is 15.9 Å². The topological polar surface area (TPSA) is 49.4 Å². The lowest BCUT2D eigenvalue weighted by atomic mass is 9.94. The van der Waals surface area contributed by atoms with E-state index in [9.17, 15) is 9.59 Å². The molecular formula is C15H17BrN2O2. The number of hydrogen-bond donors (Lipinski definition) is 1. The third-order valence-corrected chi connectivity index (χ3v) is 4.65. The normalized spacial score (nSPS) is 19.6. The van der Waals surface area contributed by atoms with E-state index < -0.39 is 0 Å². The van der Waals surface area contributed by atoms with Gasteiger partial charge in [0.2, 0.25) is 0 Å². The van der Waals surface area contributed by atoms with Crippen LogP contribution in [0.1, 0.15) is 40.0 Å². The summed E-state index contributed by atoms with van der Waals surface area (Å²) in [6.07, 6.45) is 3.18. The predicted octanol–water partition coefficient (Wildman–Crippen LogP) is 2.43. The number of piperidine rings is 1. The highest BCUT2D eigenvalue weighted by atomic mass is 79.9. The van der Waals surface area contributed by atoms with Crippen molar-refractivity contribution in [3.05, 3.63) is 33.8 Å². The van der Waals surface area contributed by atoms with Gasteiger partial charge < -0.3 is 5.32 Å².